The van der Waals surface area contributed by atoms with E-state index in [9.17, 15) is 9.18 Å². The number of halogens is 1. The smallest absolute Gasteiger partial charge is 0.222 e. The third-order valence-corrected chi connectivity index (χ3v) is 3.73. The maximum atomic E-state index is 14.3. The summed E-state index contributed by atoms with van der Waals surface area (Å²) < 4.78 is 20.0. The zero-order chi connectivity index (χ0) is 18.4. The number of hydrogen-bond acceptors (Lipinski definition) is 3. The summed E-state index contributed by atoms with van der Waals surface area (Å²) in [4.78, 5) is 15.2. The van der Waals surface area contributed by atoms with E-state index < -0.39 is 5.82 Å². The van der Waals surface area contributed by atoms with Crippen LogP contribution in [-0.2, 0) is 4.79 Å². The maximum Gasteiger partial charge on any atom is 0.222 e. The second-order valence-electron chi connectivity index (χ2n) is 6.80. The van der Waals surface area contributed by atoms with Crippen molar-refractivity contribution >= 4 is 11.7 Å². The first-order valence-corrected chi connectivity index (χ1v) is 8.51. The van der Waals surface area contributed by atoms with Crippen molar-refractivity contribution in [2.45, 2.75) is 34.1 Å². The van der Waals surface area contributed by atoms with Crippen molar-refractivity contribution in [3.05, 3.63) is 42.3 Å². The van der Waals surface area contributed by atoms with E-state index in [2.05, 4.69) is 31.1 Å². The van der Waals surface area contributed by atoms with Crippen molar-refractivity contribution in [3.8, 4) is 16.9 Å². The van der Waals surface area contributed by atoms with Gasteiger partial charge in [0.15, 0.2) is 11.6 Å². The van der Waals surface area contributed by atoms with Gasteiger partial charge in [-0.05, 0) is 53.6 Å². The van der Waals surface area contributed by atoms with Gasteiger partial charge in [0.05, 0.1) is 6.61 Å². The van der Waals surface area contributed by atoms with Crippen LogP contribution >= 0.6 is 0 Å². The molecule has 0 spiro atoms. The van der Waals surface area contributed by atoms with Crippen LogP contribution < -0.4 is 10.1 Å². The Hall–Kier alpha value is -2.43. The predicted molar refractivity (Wildman–Crippen MR) is 98.0 cm³/mol. The molecular formula is C20H25FN2O2. The number of hydrogen-bond donors (Lipinski definition) is 1. The summed E-state index contributed by atoms with van der Waals surface area (Å²) in [5, 5.41) is 2.62. The molecule has 0 radical (unpaired) electrons. The Labute approximate surface area is 148 Å². The first-order chi connectivity index (χ1) is 11.8. The van der Waals surface area contributed by atoms with Crippen LogP contribution in [0, 0.1) is 17.7 Å². The van der Waals surface area contributed by atoms with E-state index >= 15 is 0 Å². The summed E-state index contributed by atoms with van der Waals surface area (Å²) >= 11 is 0. The third-order valence-electron chi connectivity index (χ3n) is 3.73. The summed E-state index contributed by atoms with van der Waals surface area (Å²) in [6, 6.07) is 8.37. The molecule has 2 rings (SSSR count). The van der Waals surface area contributed by atoms with Crippen molar-refractivity contribution in [2.24, 2.45) is 11.8 Å². The predicted octanol–water partition coefficient (Wildman–Crippen LogP) is 4.91. The molecule has 0 aliphatic rings. The molecule has 1 atom stereocenters. The van der Waals surface area contributed by atoms with Crippen LogP contribution in [0.4, 0.5) is 10.2 Å². The quantitative estimate of drug-likeness (QED) is 0.776. The van der Waals surface area contributed by atoms with Crippen LogP contribution in [0.5, 0.6) is 5.75 Å². The molecule has 1 amide bonds. The largest absolute Gasteiger partial charge is 0.490 e. The average Bonchev–Trinajstić information content (AvgIpc) is 2.52. The Kier molecular flexibility index (Phi) is 6.51. The molecule has 0 aliphatic carbocycles. The van der Waals surface area contributed by atoms with Crippen molar-refractivity contribution in [1.82, 2.24) is 4.98 Å². The lowest BCUT2D eigenvalue weighted by Gasteiger charge is -2.15. The van der Waals surface area contributed by atoms with E-state index in [0.29, 0.717) is 29.8 Å². The molecule has 2 aromatic rings. The Bertz CT molecular complexity index is 731. The van der Waals surface area contributed by atoms with Crippen LogP contribution in [0.25, 0.3) is 11.1 Å². The fourth-order valence-electron chi connectivity index (χ4n) is 2.76. The second kappa shape index (κ2) is 8.60. The van der Waals surface area contributed by atoms with Crippen LogP contribution in [0.3, 0.4) is 0 Å². The highest BCUT2D eigenvalue weighted by Gasteiger charge is 2.10. The summed E-state index contributed by atoms with van der Waals surface area (Å²) in [5.41, 5.74) is 1.48. The topological polar surface area (TPSA) is 51.2 Å². The normalized spacial score (nSPS) is 12.1. The van der Waals surface area contributed by atoms with Crippen LogP contribution in [-0.4, -0.2) is 17.5 Å². The van der Waals surface area contributed by atoms with Gasteiger partial charge in [0, 0.05) is 13.1 Å². The summed E-state index contributed by atoms with van der Waals surface area (Å²) in [7, 11) is 0. The molecule has 1 aromatic heterocycles. The second-order valence-corrected chi connectivity index (χ2v) is 6.80. The van der Waals surface area contributed by atoms with Crippen molar-refractivity contribution in [1.29, 1.82) is 0 Å². The highest BCUT2D eigenvalue weighted by molar-refractivity contribution is 5.88. The number of amides is 1. The minimum Gasteiger partial charge on any atom is -0.490 e. The monoisotopic (exact) mass is 344 g/mol. The molecule has 1 N–H and O–H groups in total. The van der Waals surface area contributed by atoms with Gasteiger partial charge in [-0.15, -0.1) is 0 Å². The number of pyridine rings is 1. The molecular weight excluding hydrogens is 319 g/mol. The van der Waals surface area contributed by atoms with Gasteiger partial charge in [-0.25, -0.2) is 9.37 Å². The number of aromatic nitrogens is 1. The lowest BCUT2D eigenvalue weighted by Crippen LogP contribution is -2.11. The number of anilines is 1. The van der Waals surface area contributed by atoms with E-state index in [1.807, 2.05) is 0 Å². The zero-order valence-corrected chi connectivity index (χ0v) is 15.2. The maximum absolute atomic E-state index is 14.3. The first kappa shape index (κ1) is 18.9. The van der Waals surface area contributed by atoms with Crippen LogP contribution in [0.15, 0.2) is 36.5 Å². The van der Waals surface area contributed by atoms with Crippen LogP contribution in [0.2, 0.25) is 0 Å². The molecule has 0 bridgehead atoms. The molecule has 1 heterocycles. The van der Waals surface area contributed by atoms with Gasteiger partial charge in [-0.1, -0.05) is 26.8 Å². The summed E-state index contributed by atoms with van der Waals surface area (Å²) in [6.07, 6.45) is 2.62. The zero-order valence-electron chi connectivity index (χ0n) is 15.2. The average molecular weight is 344 g/mol. The minimum atomic E-state index is -0.396. The Morgan fingerprint density at radius 2 is 1.92 bits per heavy atom. The molecule has 5 heteroatoms. The Morgan fingerprint density at radius 1 is 1.20 bits per heavy atom. The number of carbonyl (C=O) groups excluding carboxylic acids is 1. The molecule has 0 saturated heterocycles. The number of rotatable bonds is 7. The van der Waals surface area contributed by atoms with Crippen molar-refractivity contribution in [2.75, 3.05) is 11.9 Å². The van der Waals surface area contributed by atoms with Gasteiger partial charge >= 0.3 is 0 Å². The van der Waals surface area contributed by atoms with Crippen molar-refractivity contribution < 1.29 is 13.9 Å². The minimum absolute atomic E-state index is 0.199. The molecule has 0 saturated carbocycles. The highest BCUT2D eigenvalue weighted by atomic mass is 19.1. The van der Waals surface area contributed by atoms with E-state index in [1.54, 1.807) is 30.5 Å². The molecule has 0 aliphatic heterocycles. The molecule has 1 unspecified atom stereocenters. The Balaban J connectivity index is 2.10. The van der Waals surface area contributed by atoms with E-state index in [0.717, 1.165) is 12.0 Å². The number of ether oxygens (including phenoxy) is 1. The first-order valence-electron chi connectivity index (χ1n) is 8.51. The van der Waals surface area contributed by atoms with Crippen LogP contribution in [0.1, 0.15) is 34.1 Å². The third kappa shape index (κ3) is 5.85. The van der Waals surface area contributed by atoms with E-state index in [1.165, 1.54) is 13.0 Å². The van der Waals surface area contributed by atoms with Crippen molar-refractivity contribution in [3.63, 3.8) is 0 Å². The van der Waals surface area contributed by atoms with E-state index in [4.69, 9.17) is 4.74 Å². The fraction of sp³-hybridized carbons (Fsp3) is 0.400. The number of nitrogens with zero attached hydrogens (tertiary/aromatic N) is 1. The molecule has 134 valence electrons. The highest BCUT2D eigenvalue weighted by Crippen LogP contribution is 2.27. The van der Waals surface area contributed by atoms with Gasteiger partial charge in [-0.3, -0.25) is 4.79 Å². The Morgan fingerprint density at radius 3 is 2.56 bits per heavy atom. The lowest BCUT2D eigenvalue weighted by molar-refractivity contribution is -0.114. The SMILES string of the molecule is CC(=O)Nc1cc(-c2ccc(OCC(C)CC(C)C)c(F)c2)ccn1. The summed E-state index contributed by atoms with van der Waals surface area (Å²) in [6.45, 7) is 8.34. The van der Waals surface area contributed by atoms with Gasteiger partial charge in [0.2, 0.25) is 5.91 Å². The van der Waals surface area contributed by atoms with Gasteiger partial charge in [0.25, 0.3) is 0 Å². The van der Waals surface area contributed by atoms with Gasteiger partial charge < -0.3 is 10.1 Å². The molecule has 0 fully saturated rings. The summed E-state index contributed by atoms with van der Waals surface area (Å²) in [5.74, 6) is 1.07. The van der Waals surface area contributed by atoms with Gasteiger partial charge in [-0.2, -0.15) is 0 Å². The fourth-order valence-corrected chi connectivity index (χ4v) is 2.76. The standard InChI is InChI=1S/C20H25FN2O2/c1-13(2)9-14(3)12-25-19-6-5-16(10-18(19)21)17-7-8-22-20(11-17)23-15(4)24/h5-8,10-11,13-14H,9,12H2,1-4H3,(H,22,23,24). The van der Waals surface area contributed by atoms with Gasteiger partial charge in [0.1, 0.15) is 5.82 Å². The number of carbonyl (C=O) groups is 1. The molecule has 25 heavy (non-hydrogen) atoms. The number of nitrogens with one attached hydrogen (secondary N) is 1. The molecule has 4 nitrogen and oxygen atoms in total. The number of benzene rings is 1. The van der Waals surface area contributed by atoms with E-state index in [-0.39, 0.29) is 11.7 Å². The molecule has 1 aromatic carbocycles. The lowest BCUT2D eigenvalue weighted by atomic mass is 10.00.